The number of rotatable bonds is 4. The zero-order valence-corrected chi connectivity index (χ0v) is 13.2. The summed E-state index contributed by atoms with van der Waals surface area (Å²) in [6.07, 6.45) is 1.73. The van der Waals surface area contributed by atoms with Crippen molar-refractivity contribution in [3.05, 3.63) is 46.2 Å². The topological polar surface area (TPSA) is 63.1 Å². The lowest BCUT2D eigenvalue weighted by Gasteiger charge is -2.26. The average Bonchev–Trinajstić information content (AvgIpc) is 2.87. The molecule has 0 bridgehead atoms. The van der Waals surface area contributed by atoms with Crippen LogP contribution in [0.1, 0.15) is 22.1 Å². The van der Waals surface area contributed by atoms with E-state index in [9.17, 15) is 4.79 Å². The van der Waals surface area contributed by atoms with Crippen LogP contribution in [0.5, 0.6) is 0 Å². The van der Waals surface area contributed by atoms with Crippen molar-refractivity contribution in [2.45, 2.75) is 12.6 Å². The average molecular weight is 350 g/mol. The molecule has 0 atom stereocenters. The van der Waals surface area contributed by atoms with E-state index in [1.807, 2.05) is 24.3 Å². The molecule has 0 aliphatic carbocycles. The minimum absolute atomic E-state index is 0.114. The van der Waals surface area contributed by atoms with Crippen LogP contribution in [0, 0.1) is 0 Å². The van der Waals surface area contributed by atoms with Gasteiger partial charge in [0, 0.05) is 31.2 Å². The molecule has 2 aromatic rings. The van der Waals surface area contributed by atoms with Crippen LogP contribution in [0.4, 0.5) is 0 Å². The van der Waals surface area contributed by atoms with E-state index in [0.29, 0.717) is 18.3 Å². The molecule has 0 spiro atoms. The van der Waals surface area contributed by atoms with E-state index >= 15 is 0 Å². The minimum Gasteiger partial charge on any atom is -0.336 e. The van der Waals surface area contributed by atoms with Crippen LogP contribution in [0.25, 0.3) is 0 Å². The largest absolute Gasteiger partial charge is 0.336 e. The minimum atomic E-state index is -0.114. The summed E-state index contributed by atoms with van der Waals surface area (Å²) in [5.74, 6) is -0.114. The van der Waals surface area contributed by atoms with Gasteiger partial charge in [0.25, 0.3) is 5.91 Å². The number of halogens is 1. The normalized spacial score (nSPS) is 14.8. The molecule has 1 saturated heterocycles. The van der Waals surface area contributed by atoms with E-state index in [1.165, 1.54) is 0 Å². The first-order valence-electron chi connectivity index (χ1n) is 6.76. The Morgan fingerprint density at radius 2 is 2.14 bits per heavy atom. The number of hydrogen-bond acceptors (Lipinski definition) is 4. The van der Waals surface area contributed by atoms with Crippen molar-refractivity contribution in [2.75, 3.05) is 20.1 Å². The van der Waals surface area contributed by atoms with Gasteiger partial charge in [0.2, 0.25) is 0 Å². The van der Waals surface area contributed by atoms with E-state index in [2.05, 4.69) is 31.6 Å². The van der Waals surface area contributed by atoms with Gasteiger partial charge in [0.05, 0.1) is 12.2 Å². The molecule has 0 unspecified atom stereocenters. The Bertz CT molecular complexity index is 635. The third-order valence-electron chi connectivity index (χ3n) is 3.54. The number of aromatic nitrogens is 3. The molecule has 1 N–H and O–H groups in total. The molecular formula is C14H16BrN5O. The van der Waals surface area contributed by atoms with Crippen LogP contribution < -0.4 is 5.32 Å². The number of hydrogen-bond donors (Lipinski definition) is 1. The van der Waals surface area contributed by atoms with E-state index in [1.54, 1.807) is 22.8 Å². The molecule has 0 saturated carbocycles. The van der Waals surface area contributed by atoms with E-state index in [4.69, 9.17) is 0 Å². The van der Waals surface area contributed by atoms with Crippen molar-refractivity contribution < 1.29 is 4.79 Å². The lowest BCUT2D eigenvalue weighted by Crippen LogP contribution is -2.43. The van der Waals surface area contributed by atoms with Crippen molar-refractivity contribution in [1.82, 2.24) is 25.2 Å². The van der Waals surface area contributed by atoms with Crippen LogP contribution in [-0.2, 0) is 6.54 Å². The number of nitrogens with zero attached hydrogens (tertiary/aromatic N) is 4. The number of amides is 1. The summed E-state index contributed by atoms with van der Waals surface area (Å²) in [6.45, 7) is 2.31. The first-order valence-corrected chi connectivity index (χ1v) is 7.55. The molecule has 2 heterocycles. The summed E-state index contributed by atoms with van der Waals surface area (Å²) >= 11 is 3.40. The Morgan fingerprint density at radius 1 is 1.43 bits per heavy atom. The van der Waals surface area contributed by atoms with Crippen LogP contribution in [0.15, 0.2) is 34.9 Å². The molecule has 1 aliphatic rings. The molecule has 110 valence electrons. The van der Waals surface area contributed by atoms with Gasteiger partial charge >= 0.3 is 0 Å². The summed E-state index contributed by atoms with van der Waals surface area (Å²) in [6, 6.07) is 8.23. The van der Waals surface area contributed by atoms with Gasteiger partial charge in [0.1, 0.15) is 0 Å². The fourth-order valence-electron chi connectivity index (χ4n) is 2.14. The Hall–Kier alpha value is -1.73. The van der Waals surface area contributed by atoms with Crippen LogP contribution in [0.3, 0.4) is 0 Å². The molecular weight excluding hydrogens is 334 g/mol. The summed E-state index contributed by atoms with van der Waals surface area (Å²) in [5.41, 5.74) is 1.46. The van der Waals surface area contributed by atoms with Gasteiger partial charge in [-0.2, -0.15) is 0 Å². The van der Waals surface area contributed by atoms with Crippen molar-refractivity contribution in [3.63, 3.8) is 0 Å². The lowest BCUT2D eigenvalue weighted by atomic mass is 10.2. The Balaban J connectivity index is 1.66. The zero-order chi connectivity index (χ0) is 14.8. The molecule has 1 aliphatic heterocycles. The SMILES string of the molecule is CN(Cc1ccc(Br)cc1)C(=O)c1cn(C2CNC2)nn1. The van der Waals surface area contributed by atoms with Gasteiger partial charge in [-0.05, 0) is 17.7 Å². The highest BCUT2D eigenvalue weighted by molar-refractivity contribution is 9.10. The van der Waals surface area contributed by atoms with E-state index < -0.39 is 0 Å². The number of carbonyl (C=O) groups excluding carboxylic acids is 1. The number of carbonyl (C=O) groups is 1. The summed E-state index contributed by atoms with van der Waals surface area (Å²) in [4.78, 5) is 14.0. The molecule has 0 radical (unpaired) electrons. The molecule has 7 heteroatoms. The fourth-order valence-corrected chi connectivity index (χ4v) is 2.41. The fraction of sp³-hybridized carbons (Fsp3) is 0.357. The third-order valence-corrected chi connectivity index (χ3v) is 4.07. The Labute approximate surface area is 131 Å². The zero-order valence-electron chi connectivity index (χ0n) is 11.7. The number of nitrogens with one attached hydrogen (secondary N) is 1. The smallest absolute Gasteiger partial charge is 0.276 e. The van der Waals surface area contributed by atoms with E-state index in [0.717, 1.165) is 23.1 Å². The Kier molecular flexibility index (Phi) is 4.03. The Morgan fingerprint density at radius 3 is 2.76 bits per heavy atom. The molecule has 3 rings (SSSR count). The monoisotopic (exact) mass is 349 g/mol. The van der Waals surface area contributed by atoms with Gasteiger partial charge in [-0.1, -0.05) is 33.3 Å². The van der Waals surface area contributed by atoms with E-state index in [-0.39, 0.29) is 5.91 Å². The van der Waals surface area contributed by atoms with Crippen LogP contribution in [0.2, 0.25) is 0 Å². The maximum atomic E-state index is 12.3. The third kappa shape index (κ3) is 3.14. The second-order valence-corrected chi connectivity index (χ2v) is 6.10. The summed E-state index contributed by atoms with van der Waals surface area (Å²) in [7, 11) is 1.77. The maximum absolute atomic E-state index is 12.3. The highest BCUT2D eigenvalue weighted by Gasteiger charge is 2.22. The van der Waals surface area contributed by atoms with Crippen molar-refractivity contribution in [3.8, 4) is 0 Å². The van der Waals surface area contributed by atoms with Crippen LogP contribution in [-0.4, -0.2) is 45.9 Å². The first-order chi connectivity index (χ1) is 10.1. The van der Waals surface area contributed by atoms with Gasteiger partial charge in [-0.25, -0.2) is 4.68 Å². The standard InChI is InChI=1S/C14H16BrN5O/c1-19(8-10-2-4-11(15)5-3-10)14(21)13-9-20(18-17-13)12-6-16-7-12/h2-5,9,12,16H,6-8H2,1H3. The van der Waals surface area contributed by atoms with Crippen molar-refractivity contribution in [2.24, 2.45) is 0 Å². The predicted molar refractivity (Wildman–Crippen MR) is 81.9 cm³/mol. The molecule has 6 nitrogen and oxygen atoms in total. The number of benzene rings is 1. The van der Waals surface area contributed by atoms with Gasteiger partial charge in [-0.3, -0.25) is 4.79 Å². The molecule has 21 heavy (non-hydrogen) atoms. The van der Waals surface area contributed by atoms with Crippen molar-refractivity contribution in [1.29, 1.82) is 0 Å². The molecule has 1 aromatic carbocycles. The molecule has 1 fully saturated rings. The second kappa shape index (κ2) is 5.95. The quantitative estimate of drug-likeness (QED) is 0.907. The van der Waals surface area contributed by atoms with Gasteiger partial charge in [0.15, 0.2) is 5.69 Å². The highest BCUT2D eigenvalue weighted by Crippen LogP contribution is 2.14. The van der Waals surface area contributed by atoms with Crippen molar-refractivity contribution >= 4 is 21.8 Å². The summed E-state index contributed by atoms with van der Waals surface area (Å²) in [5, 5.41) is 11.2. The second-order valence-electron chi connectivity index (χ2n) is 5.18. The van der Waals surface area contributed by atoms with Gasteiger partial charge < -0.3 is 10.2 Å². The maximum Gasteiger partial charge on any atom is 0.276 e. The lowest BCUT2D eigenvalue weighted by molar-refractivity contribution is 0.0779. The highest BCUT2D eigenvalue weighted by atomic mass is 79.9. The first kappa shape index (κ1) is 14.2. The van der Waals surface area contributed by atoms with Gasteiger partial charge in [-0.15, -0.1) is 5.10 Å². The summed E-state index contributed by atoms with van der Waals surface area (Å²) < 4.78 is 2.79. The van der Waals surface area contributed by atoms with Crippen LogP contribution >= 0.6 is 15.9 Å². The molecule has 1 aromatic heterocycles. The predicted octanol–water partition coefficient (Wildman–Crippen LogP) is 1.46. The molecule has 1 amide bonds.